The normalized spacial score (nSPS) is 11.3. The first-order valence-electron chi connectivity index (χ1n) is 3.22. The van der Waals surface area contributed by atoms with Crippen LogP contribution in [0.2, 0.25) is 0 Å². The van der Waals surface area contributed by atoms with Crippen LogP contribution in [0.4, 0.5) is 0 Å². The number of nitrogens with zero attached hydrogens (tertiary/aromatic N) is 1. The van der Waals surface area contributed by atoms with Gasteiger partial charge in [0.1, 0.15) is 0 Å². The highest BCUT2D eigenvalue weighted by atomic mass is 14.8. The minimum Gasteiger partial charge on any atom is -0.391 e. The van der Waals surface area contributed by atoms with E-state index in [1.807, 2.05) is 12.3 Å². The SMILES string of the molecule is CCCN/C=C\C=NC. The standard InChI is InChI=1S/C7H14N2/c1-3-5-9-7-4-6-8-2/h4,6-7,9H,3,5H2,1-2H3/b7-4-,8-6?. The lowest BCUT2D eigenvalue weighted by Gasteiger charge is -1.91. The molecule has 0 fully saturated rings. The van der Waals surface area contributed by atoms with E-state index in [2.05, 4.69) is 17.2 Å². The van der Waals surface area contributed by atoms with Gasteiger partial charge in [-0.3, -0.25) is 4.99 Å². The molecule has 0 radical (unpaired) electrons. The van der Waals surface area contributed by atoms with Crippen LogP contribution in [0.1, 0.15) is 13.3 Å². The minimum absolute atomic E-state index is 1.04. The molecule has 0 amide bonds. The number of hydrogen-bond acceptors (Lipinski definition) is 2. The number of aliphatic imine (C=N–C) groups is 1. The summed E-state index contributed by atoms with van der Waals surface area (Å²) < 4.78 is 0. The summed E-state index contributed by atoms with van der Waals surface area (Å²) in [5.74, 6) is 0. The van der Waals surface area contributed by atoms with E-state index < -0.39 is 0 Å². The molecule has 0 aromatic carbocycles. The molecular weight excluding hydrogens is 112 g/mol. The van der Waals surface area contributed by atoms with Gasteiger partial charge >= 0.3 is 0 Å². The largest absolute Gasteiger partial charge is 0.391 e. The Morgan fingerprint density at radius 1 is 1.56 bits per heavy atom. The van der Waals surface area contributed by atoms with E-state index >= 15 is 0 Å². The fourth-order valence-corrected chi connectivity index (χ4v) is 0.425. The van der Waals surface area contributed by atoms with E-state index in [1.165, 1.54) is 0 Å². The topological polar surface area (TPSA) is 24.4 Å². The van der Waals surface area contributed by atoms with Crippen LogP contribution in [-0.2, 0) is 0 Å². The van der Waals surface area contributed by atoms with Crippen molar-refractivity contribution in [3.05, 3.63) is 12.3 Å². The highest BCUT2D eigenvalue weighted by molar-refractivity contribution is 5.70. The Bertz CT molecular complexity index is 95.1. The van der Waals surface area contributed by atoms with E-state index in [1.54, 1.807) is 13.3 Å². The summed E-state index contributed by atoms with van der Waals surface area (Å²) in [4.78, 5) is 3.78. The van der Waals surface area contributed by atoms with Crippen LogP contribution in [0, 0.1) is 0 Å². The molecule has 0 aliphatic carbocycles. The minimum atomic E-state index is 1.04. The summed E-state index contributed by atoms with van der Waals surface area (Å²) in [6.07, 6.45) is 6.70. The van der Waals surface area contributed by atoms with Crippen molar-refractivity contribution < 1.29 is 0 Å². The van der Waals surface area contributed by atoms with Gasteiger partial charge in [-0.05, 0) is 18.7 Å². The first-order chi connectivity index (χ1) is 4.41. The van der Waals surface area contributed by atoms with Crippen molar-refractivity contribution in [2.45, 2.75) is 13.3 Å². The molecule has 52 valence electrons. The average Bonchev–Trinajstić information content (AvgIpc) is 1.89. The molecule has 0 aromatic heterocycles. The third kappa shape index (κ3) is 7.21. The van der Waals surface area contributed by atoms with Gasteiger partial charge in [-0.2, -0.15) is 0 Å². The van der Waals surface area contributed by atoms with Crippen LogP contribution in [0.3, 0.4) is 0 Å². The van der Waals surface area contributed by atoms with E-state index in [0.29, 0.717) is 0 Å². The van der Waals surface area contributed by atoms with Crippen molar-refractivity contribution in [3.8, 4) is 0 Å². The lowest BCUT2D eigenvalue weighted by molar-refractivity contribution is 0.810. The van der Waals surface area contributed by atoms with Crippen molar-refractivity contribution >= 4 is 6.21 Å². The van der Waals surface area contributed by atoms with Crippen LogP contribution in [0.15, 0.2) is 17.3 Å². The Kier molecular flexibility index (Phi) is 6.58. The Balaban J connectivity index is 3.04. The molecule has 0 rings (SSSR count). The van der Waals surface area contributed by atoms with Gasteiger partial charge in [0.05, 0.1) is 0 Å². The zero-order valence-corrected chi connectivity index (χ0v) is 6.09. The van der Waals surface area contributed by atoms with Crippen LogP contribution < -0.4 is 5.32 Å². The van der Waals surface area contributed by atoms with E-state index in [-0.39, 0.29) is 0 Å². The first-order valence-corrected chi connectivity index (χ1v) is 3.22. The molecular formula is C7H14N2. The van der Waals surface area contributed by atoms with Crippen LogP contribution >= 0.6 is 0 Å². The van der Waals surface area contributed by atoms with Crippen LogP contribution in [0.25, 0.3) is 0 Å². The molecule has 0 spiro atoms. The van der Waals surface area contributed by atoms with E-state index in [4.69, 9.17) is 0 Å². The smallest absolute Gasteiger partial charge is 0.0277 e. The predicted octanol–water partition coefficient (Wildman–Crippen LogP) is 1.20. The quantitative estimate of drug-likeness (QED) is 0.444. The maximum Gasteiger partial charge on any atom is 0.0277 e. The summed E-state index contributed by atoms with van der Waals surface area (Å²) in [7, 11) is 1.75. The van der Waals surface area contributed by atoms with E-state index in [9.17, 15) is 0 Å². The monoisotopic (exact) mass is 126 g/mol. The molecule has 0 aromatic rings. The predicted molar refractivity (Wildman–Crippen MR) is 41.8 cm³/mol. The number of allylic oxidation sites excluding steroid dienone is 1. The van der Waals surface area contributed by atoms with E-state index in [0.717, 1.165) is 13.0 Å². The third-order valence-electron chi connectivity index (χ3n) is 0.844. The molecule has 0 aliphatic rings. The summed E-state index contributed by atoms with van der Waals surface area (Å²) >= 11 is 0. The zero-order chi connectivity index (χ0) is 6.95. The number of nitrogens with one attached hydrogen (secondary N) is 1. The third-order valence-corrected chi connectivity index (χ3v) is 0.844. The van der Waals surface area contributed by atoms with Gasteiger partial charge in [-0.25, -0.2) is 0 Å². The molecule has 1 N–H and O–H groups in total. The van der Waals surface area contributed by atoms with Gasteiger partial charge in [0.25, 0.3) is 0 Å². The summed E-state index contributed by atoms with van der Waals surface area (Å²) in [5, 5.41) is 3.10. The molecule has 0 unspecified atom stereocenters. The molecule has 0 atom stereocenters. The second-order valence-electron chi connectivity index (χ2n) is 1.72. The molecule has 0 saturated carbocycles. The van der Waals surface area contributed by atoms with Crippen molar-refractivity contribution in [3.63, 3.8) is 0 Å². The fraction of sp³-hybridized carbons (Fsp3) is 0.571. The molecule has 2 heteroatoms. The first kappa shape index (κ1) is 8.21. The van der Waals surface area contributed by atoms with Crippen molar-refractivity contribution in [2.24, 2.45) is 4.99 Å². The van der Waals surface area contributed by atoms with Crippen LogP contribution in [0.5, 0.6) is 0 Å². The Morgan fingerprint density at radius 3 is 2.89 bits per heavy atom. The molecule has 9 heavy (non-hydrogen) atoms. The lowest BCUT2D eigenvalue weighted by Crippen LogP contribution is -2.04. The Labute approximate surface area is 56.7 Å². The Morgan fingerprint density at radius 2 is 2.33 bits per heavy atom. The van der Waals surface area contributed by atoms with Crippen molar-refractivity contribution in [1.29, 1.82) is 0 Å². The van der Waals surface area contributed by atoms with Crippen molar-refractivity contribution in [1.82, 2.24) is 5.32 Å². The van der Waals surface area contributed by atoms with Gasteiger partial charge < -0.3 is 5.32 Å². The van der Waals surface area contributed by atoms with Gasteiger partial charge in [0, 0.05) is 19.8 Å². The highest BCUT2D eigenvalue weighted by Gasteiger charge is 1.70. The number of rotatable bonds is 4. The molecule has 2 nitrogen and oxygen atoms in total. The van der Waals surface area contributed by atoms with Gasteiger partial charge in [0.2, 0.25) is 0 Å². The fourth-order valence-electron chi connectivity index (χ4n) is 0.425. The average molecular weight is 126 g/mol. The van der Waals surface area contributed by atoms with Gasteiger partial charge in [-0.1, -0.05) is 6.92 Å². The second-order valence-corrected chi connectivity index (χ2v) is 1.72. The molecule has 0 saturated heterocycles. The summed E-state index contributed by atoms with van der Waals surface area (Å²) in [5.41, 5.74) is 0. The maximum atomic E-state index is 3.78. The van der Waals surface area contributed by atoms with Gasteiger partial charge in [0.15, 0.2) is 0 Å². The molecule has 0 aliphatic heterocycles. The lowest BCUT2D eigenvalue weighted by atomic mass is 10.5. The Hall–Kier alpha value is -0.790. The maximum absolute atomic E-state index is 3.78. The highest BCUT2D eigenvalue weighted by Crippen LogP contribution is 1.69. The molecule has 0 heterocycles. The van der Waals surface area contributed by atoms with Crippen LogP contribution in [-0.4, -0.2) is 19.8 Å². The zero-order valence-electron chi connectivity index (χ0n) is 6.09. The molecule has 0 bridgehead atoms. The van der Waals surface area contributed by atoms with Crippen molar-refractivity contribution in [2.75, 3.05) is 13.6 Å². The number of hydrogen-bond donors (Lipinski definition) is 1. The second kappa shape index (κ2) is 7.21. The summed E-state index contributed by atoms with van der Waals surface area (Å²) in [6.45, 7) is 3.17. The summed E-state index contributed by atoms with van der Waals surface area (Å²) in [6, 6.07) is 0. The van der Waals surface area contributed by atoms with Gasteiger partial charge in [-0.15, -0.1) is 0 Å².